The Morgan fingerprint density at radius 1 is 1.14 bits per heavy atom. The van der Waals surface area contributed by atoms with E-state index in [9.17, 15) is 9.59 Å². The van der Waals surface area contributed by atoms with Crippen molar-refractivity contribution in [3.05, 3.63) is 77.1 Å². The van der Waals surface area contributed by atoms with E-state index in [1.165, 1.54) is 4.90 Å². The number of benzene rings is 2. The second-order valence-electron chi connectivity index (χ2n) is 7.07. The highest BCUT2D eigenvalue weighted by Crippen LogP contribution is 2.31. The molecule has 2 aliphatic rings. The normalized spacial score (nSPS) is 21.0. The molecule has 2 heterocycles. The summed E-state index contributed by atoms with van der Waals surface area (Å²) in [6.07, 6.45) is 4.08. The molecule has 0 radical (unpaired) electrons. The molecule has 0 spiro atoms. The number of carbonyl (C=O) groups excluding carboxylic acids is 2. The van der Waals surface area contributed by atoms with Crippen molar-refractivity contribution in [2.24, 2.45) is 0 Å². The van der Waals surface area contributed by atoms with Gasteiger partial charge in [-0.05, 0) is 43.2 Å². The predicted molar refractivity (Wildman–Crippen MR) is 108 cm³/mol. The zero-order valence-corrected chi connectivity index (χ0v) is 16.2. The number of halogens is 1. The fraction of sp³-hybridized carbons (Fsp3) is 0.238. The van der Waals surface area contributed by atoms with Crippen LogP contribution in [-0.4, -0.2) is 34.3 Å². The van der Waals surface area contributed by atoms with Crippen LogP contribution in [0.1, 0.15) is 23.6 Å². The molecule has 1 fully saturated rings. The van der Waals surface area contributed by atoms with Gasteiger partial charge in [0.25, 0.3) is 5.91 Å². The van der Waals surface area contributed by atoms with Crippen molar-refractivity contribution in [3.63, 3.8) is 0 Å². The molecule has 4 rings (SSSR count). The lowest BCUT2D eigenvalue weighted by Gasteiger charge is -2.31. The molecule has 2 aromatic carbocycles. The zero-order chi connectivity index (χ0) is 19.7. The first-order chi connectivity index (χ1) is 13.5. The van der Waals surface area contributed by atoms with E-state index in [0.29, 0.717) is 11.4 Å². The van der Waals surface area contributed by atoms with Crippen LogP contribution in [-0.2, 0) is 9.59 Å². The molecule has 144 valence electrons. The first-order valence-corrected chi connectivity index (χ1v) is 9.53. The lowest BCUT2D eigenvalue weighted by molar-refractivity contribution is -0.137. The third-order valence-electron chi connectivity index (χ3n) is 5.00. The summed E-state index contributed by atoms with van der Waals surface area (Å²) in [5.41, 5.74) is 6.25. The van der Waals surface area contributed by atoms with Gasteiger partial charge >= 0.3 is 0 Å². The molecule has 0 aliphatic carbocycles. The Hall–Kier alpha value is -2.83. The van der Waals surface area contributed by atoms with Crippen molar-refractivity contribution in [3.8, 4) is 0 Å². The first-order valence-electron chi connectivity index (χ1n) is 9.15. The van der Waals surface area contributed by atoms with Gasteiger partial charge in [-0.1, -0.05) is 41.4 Å². The van der Waals surface area contributed by atoms with E-state index in [4.69, 9.17) is 11.6 Å². The Morgan fingerprint density at radius 2 is 1.86 bits per heavy atom. The average molecular weight is 397 g/mol. The summed E-state index contributed by atoms with van der Waals surface area (Å²) in [5, 5.41) is 5.33. The second kappa shape index (κ2) is 7.66. The van der Waals surface area contributed by atoms with Crippen LogP contribution in [0.4, 0.5) is 5.69 Å². The van der Waals surface area contributed by atoms with E-state index in [2.05, 4.69) is 10.7 Å². The molecule has 2 aromatic rings. The minimum atomic E-state index is -0.335. The number of anilines is 1. The molecule has 2 unspecified atom stereocenters. The molecule has 2 amide bonds. The van der Waals surface area contributed by atoms with Crippen molar-refractivity contribution in [1.82, 2.24) is 15.3 Å². The van der Waals surface area contributed by atoms with Crippen LogP contribution in [0, 0.1) is 6.92 Å². The van der Waals surface area contributed by atoms with Gasteiger partial charge in [-0.2, -0.15) is 0 Å². The van der Waals surface area contributed by atoms with Crippen molar-refractivity contribution >= 4 is 29.1 Å². The number of aryl methyl sites for hydroxylation is 1. The van der Waals surface area contributed by atoms with Gasteiger partial charge in [0.05, 0.1) is 6.04 Å². The minimum absolute atomic E-state index is 0.0147. The lowest BCUT2D eigenvalue weighted by Crippen LogP contribution is -2.49. The van der Waals surface area contributed by atoms with Gasteiger partial charge in [0.15, 0.2) is 0 Å². The van der Waals surface area contributed by atoms with Crippen LogP contribution in [0.15, 0.2) is 60.9 Å². The summed E-state index contributed by atoms with van der Waals surface area (Å²) in [6.45, 7) is 1.97. The number of fused-ring (bicyclic) bond motifs is 1. The molecule has 7 heteroatoms. The monoisotopic (exact) mass is 396 g/mol. The smallest absolute Gasteiger partial charge is 0.251 e. The molecule has 2 aliphatic heterocycles. The molecule has 6 nitrogen and oxygen atoms in total. The fourth-order valence-electron chi connectivity index (χ4n) is 3.47. The van der Waals surface area contributed by atoms with E-state index in [-0.39, 0.29) is 30.4 Å². The Bertz CT molecular complexity index is 911. The number of hydrogen-bond acceptors (Lipinski definition) is 4. The second-order valence-corrected chi connectivity index (χ2v) is 7.51. The highest BCUT2D eigenvalue weighted by Gasteiger charge is 2.40. The summed E-state index contributed by atoms with van der Waals surface area (Å²) in [4.78, 5) is 26.7. The standard InChI is InChI=1S/C21H21ClN4O2/c1-14-2-8-17(9-3-14)23-20(27)13-25-10-11-26-19(21(25)28)12-18(24-26)15-4-6-16(22)7-5-15/h2-11,18-19,24H,12-13H2,1H3,(H,23,27). The van der Waals surface area contributed by atoms with Gasteiger partial charge in [0, 0.05) is 23.1 Å². The van der Waals surface area contributed by atoms with Crippen LogP contribution in [0.3, 0.4) is 0 Å². The number of hydrazine groups is 1. The van der Waals surface area contributed by atoms with Gasteiger partial charge < -0.3 is 15.2 Å². The maximum absolute atomic E-state index is 12.9. The van der Waals surface area contributed by atoms with Gasteiger partial charge in [-0.25, -0.2) is 5.43 Å². The third kappa shape index (κ3) is 3.88. The van der Waals surface area contributed by atoms with Crippen molar-refractivity contribution in [1.29, 1.82) is 0 Å². The van der Waals surface area contributed by atoms with Crippen LogP contribution < -0.4 is 10.7 Å². The Kier molecular flexibility index (Phi) is 5.07. The molecular formula is C21H21ClN4O2. The molecule has 0 bridgehead atoms. The van der Waals surface area contributed by atoms with Gasteiger partial charge in [-0.15, -0.1) is 0 Å². The van der Waals surface area contributed by atoms with Gasteiger partial charge in [-0.3, -0.25) is 9.59 Å². The summed E-state index contributed by atoms with van der Waals surface area (Å²) >= 11 is 5.96. The summed E-state index contributed by atoms with van der Waals surface area (Å²) < 4.78 is 0. The van der Waals surface area contributed by atoms with Crippen LogP contribution in [0.25, 0.3) is 0 Å². The number of nitrogens with zero attached hydrogens (tertiary/aromatic N) is 2. The molecule has 1 saturated heterocycles. The Morgan fingerprint density at radius 3 is 2.57 bits per heavy atom. The minimum Gasteiger partial charge on any atom is -0.325 e. The van der Waals surface area contributed by atoms with Crippen LogP contribution in [0.5, 0.6) is 0 Å². The Balaban J connectivity index is 1.39. The fourth-order valence-corrected chi connectivity index (χ4v) is 3.60. The molecule has 2 atom stereocenters. The molecular weight excluding hydrogens is 376 g/mol. The molecule has 0 saturated carbocycles. The Labute approximate surface area is 168 Å². The lowest BCUT2D eigenvalue weighted by atomic mass is 10.0. The quantitative estimate of drug-likeness (QED) is 0.832. The maximum atomic E-state index is 12.9. The molecule has 0 aromatic heterocycles. The third-order valence-corrected chi connectivity index (χ3v) is 5.25. The first kappa shape index (κ1) is 18.5. The topological polar surface area (TPSA) is 64.7 Å². The van der Waals surface area contributed by atoms with E-state index < -0.39 is 0 Å². The van der Waals surface area contributed by atoms with E-state index in [1.807, 2.05) is 60.5 Å². The maximum Gasteiger partial charge on any atom is 0.251 e. The number of nitrogens with one attached hydrogen (secondary N) is 2. The number of hydrogen-bond donors (Lipinski definition) is 2. The highest BCUT2D eigenvalue weighted by molar-refractivity contribution is 6.30. The van der Waals surface area contributed by atoms with Crippen molar-refractivity contribution in [2.75, 3.05) is 11.9 Å². The largest absolute Gasteiger partial charge is 0.325 e. The number of rotatable bonds is 4. The van der Waals surface area contributed by atoms with Crippen molar-refractivity contribution in [2.45, 2.75) is 25.4 Å². The molecule has 28 heavy (non-hydrogen) atoms. The summed E-state index contributed by atoms with van der Waals surface area (Å²) in [7, 11) is 0. The van der Waals surface area contributed by atoms with E-state index in [0.717, 1.165) is 16.8 Å². The van der Waals surface area contributed by atoms with Gasteiger partial charge in [0.2, 0.25) is 5.91 Å². The average Bonchev–Trinajstić information content (AvgIpc) is 3.12. The summed E-state index contributed by atoms with van der Waals surface area (Å²) in [6, 6.07) is 14.8. The predicted octanol–water partition coefficient (Wildman–Crippen LogP) is 3.22. The number of amides is 2. The molecule has 2 N–H and O–H groups in total. The van der Waals surface area contributed by atoms with E-state index in [1.54, 1.807) is 12.4 Å². The van der Waals surface area contributed by atoms with Crippen molar-refractivity contribution < 1.29 is 9.59 Å². The zero-order valence-electron chi connectivity index (χ0n) is 15.4. The van der Waals surface area contributed by atoms with E-state index >= 15 is 0 Å². The van der Waals surface area contributed by atoms with Gasteiger partial charge in [0.1, 0.15) is 12.6 Å². The SMILES string of the molecule is Cc1ccc(NC(=O)CN2C=CN3NC(c4ccc(Cl)cc4)CC3C2=O)cc1. The van der Waals surface area contributed by atoms with Crippen LogP contribution >= 0.6 is 11.6 Å². The number of carbonyl (C=O) groups is 2. The highest BCUT2D eigenvalue weighted by atomic mass is 35.5. The summed E-state index contributed by atoms with van der Waals surface area (Å²) in [5.74, 6) is -0.318. The van der Waals surface area contributed by atoms with Crippen LogP contribution in [0.2, 0.25) is 5.02 Å².